The summed E-state index contributed by atoms with van der Waals surface area (Å²) in [7, 11) is 1.81. The Hall–Kier alpha value is -1.64. The molecule has 2 nitrogen and oxygen atoms in total. The van der Waals surface area contributed by atoms with Gasteiger partial charge in [0.1, 0.15) is 0 Å². The van der Waals surface area contributed by atoms with Gasteiger partial charge in [-0.05, 0) is 17.0 Å². The molecule has 0 bridgehead atoms. The quantitative estimate of drug-likeness (QED) is 0.812. The van der Waals surface area contributed by atoms with Crippen molar-refractivity contribution in [1.29, 1.82) is 0 Å². The first kappa shape index (κ1) is 16.2. The second kappa shape index (κ2) is 6.86. The Balaban J connectivity index is 1.94. The maximum absolute atomic E-state index is 5.51. The molecule has 2 atom stereocenters. The standard InChI is InChI=1S/C21H27NO/c1-17-14-22(15-21(17,2)16-23-3)20(18-10-6-4-7-11-18)19-12-8-5-9-13-19/h4-13,17,20H,14-16H2,1-3H3/t17-,21-/m0/s1. The van der Waals surface area contributed by atoms with E-state index >= 15 is 0 Å². The summed E-state index contributed by atoms with van der Waals surface area (Å²) < 4.78 is 5.51. The molecule has 3 rings (SSSR count). The summed E-state index contributed by atoms with van der Waals surface area (Å²) in [6, 6.07) is 22.0. The molecule has 0 amide bonds. The van der Waals surface area contributed by atoms with Crippen molar-refractivity contribution in [3.05, 3.63) is 71.8 Å². The number of ether oxygens (including phenoxy) is 1. The van der Waals surface area contributed by atoms with Crippen molar-refractivity contribution in [3.63, 3.8) is 0 Å². The number of nitrogens with zero attached hydrogens (tertiary/aromatic N) is 1. The maximum atomic E-state index is 5.51. The predicted molar refractivity (Wildman–Crippen MR) is 95.4 cm³/mol. The number of benzene rings is 2. The molecule has 1 saturated heterocycles. The molecule has 2 heteroatoms. The molecule has 0 aliphatic carbocycles. The van der Waals surface area contributed by atoms with Crippen LogP contribution in [-0.2, 0) is 4.74 Å². The Morgan fingerprint density at radius 1 is 1.04 bits per heavy atom. The van der Waals surface area contributed by atoms with Crippen molar-refractivity contribution in [1.82, 2.24) is 4.90 Å². The van der Waals surface area contributed by atoms with Crippen LogP contribution in [0.4, 0.5) is 0 Å². The summed E-state index contributed by atoms with van der Waals surface area (Å²) in [5.41, 5.74) is 2.96. The van der Waals surface area contributed by atoms with Gasteiger partial charge in [0.25, 0.3) is 0 Å². The Bertz CT molecular complexity index is 573. The van der Waals surface area contributed by atoms with Gasteiger partial charge in [0, 0.05) is 25.6 Å². The van der Waals surface area contributed by atoms with Gasteiger partial charge in [0.05, 0.1) is 12.6 Å². The van der Waals surface area contributed by atoms with Crippen molar-refractivity contribution in [2.24, 2.45) is 11.3 Å². The zero-order valence-corrected chi connectivity index (χ0v) is 14.4. The van der Waals surface area contributed by atoms with Gasteiger partial charge in [-0.25, -0.2) is 0 Å². The van der Waals surface area contributed by atoms with E-state index < -0.39 is 0 Å². The molecule has 1 heterocycles. The fourth-order valence-electron chi connectivity index (χ4n) is 3.86. The highest BCUT2D eigenvalue weighted by Crippen LogP contribution is 2.41. The van der Waals surface area contributed by atoms with Crippen LogP contribution in [0.2, 0.25) is 0 Å². The molecule has 23 heavy (non-hydrogen) atoms. The molecule has 2 aromatic rings. The van der Waals surface area contributed by atoms with Crippen LogP contribution in [0.3, 0.4) is 0 Å². The third kappa shape index (κ3) is 3.34. The van der Waals surface area contributed by atoms with Crippen LogP contribution in [0.15, 0.2) is 60.7 Å². The number of methoxy groups -OCH3 is 1. The molecule has 0 spiro atoms. The van der Waals surface area contributed by atoms with Crippen LogP contribution in [0.1, 0.15) is 31.0 Å². The van der Waals surface area contributed by atoms with E-state index in [1.54, 1.807) is 0 Å². The van der Waals surface area contributed by atoms with Gasteiger partial charge in [-0.1, -0.05) is 74.5 Å². The minimum Gasteiger partial charge on any atom is -0.384 e. The van der Waals surface area contributed by atoms with E-state index in [1.165, 1.54) is 11.1 Å². The largest absolute Gasteiger partial charge is 0.384 e. The maximum Gasteiger partial charge on any atom is 0.0602 e. The Morgan fingerprint density at radius 2 is 1.57 bits per heavy atom. The van der Waals surface area contributed by atoms with E-state index in [-0.39, 0.29) is 5.41 Å². The van der Waals surface area contributed by atoms with Crippen molar-refractivity contribution in [2.45, 2.75) is 19.9 Å². The van der Waals surface area contributed by atoms with Gasteiger partial charge < -0.3 is 4.74 Å². The predicted octanol–water partition coefficient (Wildman–Crippen LogP) is 4.38. The van der Waals surface area contributed by atoms with Crippen LogP contribution in [0.25, 0.3) is 0 Å². The third-order valence-corrected chi connectivity index (χ3v) is 5.33. The SMILES string of the molecule is COC[C@]1(C)CN(C(c2ccccc2)c2ccccc2)C[C@@H]1C. The van der Waals surface area contributed by atoms with Gasteiger partial charge in [-0.15, -0.1) is 0 Å². The molecule has 0 aromatic heterocycles. The minimum atomic E-state index is 0.219. The highest BCUT2D eigenvalue weighted by molar-refractivity contribution is 5.32. The van der Waals surface area contributed by atoms with Gasteiger partial charge in [0.15, 0.2) is 0 Å². The molecule has 0 unspecified atom stereocenters. The topological polar surface area (TPSA) is 12.5 Å². The third-order valence-electron chi connectivity index (χ3n) is 5.33. The minimum absolute atomic E-state index is 0.219. The fraction of sp³-hybridized carbons (Fsp3) is 0.429. The van der Waals surface area contributed by atoms with E-state index in [1.807, 2.05) is 7.11 Å². The molecule has 1 aliphatic heterocycles. The second-order valence-electron chi connectivity index (χ2n) is 7.14. The average Bonchev–Trinajstić information content (AvgIpc) is 2.85. The van der Waals surface area contributed by atoms with Gasteiger partial charge in [-0.2, -0.15) is 0 Å². The number of hydrogen-bond acceptors (Lipinski definition) is 2. The number of hydrogen-bond donors (Lipinski definition) is 0. The van der Waals surface area contributed by atoms with E-state index in [0.717, 1.165) is 19.7 Å². The molecule has 1 aliphatic rings. The lowest BCUT2D eigenvalue weighted by atomic mass is 9.82. The van der Waals surface area contributed by atoms with Gasteiger partial charge in [-0.3, -0.25) is 4.90 Å². The van der Waals surface area contributed by atoms with E-state index in [4.69, 9.17) is 4.74 Å². The lowest BCUT2D eigenvalue weighted by Gasteiger charge is -2.31. The summed E-state index contributed by atoms with van der Waals surface area (Å²) in [6.07, 6.45) is 0. The summed E-state index contributed by atoms with van der Waals surface area (Å²) in [5, 5.41) is 0. The van der Waals surface area contributed by atoms with Crippen LogP contribution < -0.4 is 0 Å². The normalized spacial score (nSPS) is 25.1. The Kier molecular flexibility index (Phi) is 4.84. The lowest BCUT2D eigenvalue weighted by Crippen LogP contribution is -2.32. The highest BCUT2D eigenvalue weighted by Gasteiger charge is 2.43. The second-order valence-corrected chi connectivity index (χ2v) is 7.14. The zero-order valence-electron chi connectivity index (χ0n) is 14.4. The number of rotatable bonds is 5. The Labute approximate surface area is 140 Å². The molecular formula is C21H27NO. The fourth-order valence-corrected chi connectivity index (χ4v) is 3.86. The monoisotopic (exact) mass is 309 g/mol. The van der Waals surface area contributed by atoms with E-state index in [0.29, 0.717) is 12.0 Å². The van der Waals surface area contributed by atoms with E-state index in [2.05, 4.69) is 79.4 Å². The van der Waals surface area contributed by atoms with E-state index in [9.17, 15) is 0 Å². The van der Waals surface area contributed by atoms with Crippen LogP contribution in [0.5, 0.6) is 0 Å². The smallest absolute Gasteiger partial charge is 0.0602 e. The summed E-state index contributed by atoms with van der Waals surface area (Å²) >= 11 is 0. The molecule has 0 N–H and O–H groups in total. The van der Waals surface area contributed by atoms with Crippen LogP contribution >= 0.6 is 0 Å². The molecule has 2 aromatic carbocycles. The van der Waals surface area contributed by atoms with Crippen LogP contribution in [0, 0.1) is 11.3 Å². The highest BCUT2D eigenvalue weighted by atomic mass is 16.5. The zero-order chi connectivity index (χ0) is 16.3. The first-order valence-electron chi connectivity index (χ1n) is 8.47. The Morgan fingerprint density at radius 3 is 2.04 bits per heavy atom. The van der Waals surface area contributed by atoms with Gasteiger partial charge in [0.2, 0.25) is 0 Å². The summed E-state index contributed by atoms with van der Waals surface area (Å²) in [6.45, 7) is 7.70. The molecule has 0 saturated carbocycles. The van der Waals surface area contributed by atoms with Crippen molar-refractivity contribution in [3.8, 4) is 0 Å². The lowest BCUT2D eigenvalue weighted by molar-refractivity contribution is 0.0730. The molecule has 122 valence electrons. The molecular weight excluding hydrogens is 282 g/mol. The first-order valence-corrected chi connectivity index (χ1v) is 8.47. The van der Waals surface area contributed by atoms with Crippen molar-refractivity contribution in [2.75, 3.05) is 26.8 Å². The average molecular weight is 309 g/mol. The van der Waals surface area contributed by atoms with Crippen molar-refractivity contribution >= 4 is 0 Å². The molecule has 0 radical (unpaired) electrons. The summed E-state index contributed by atoms with van der Waals surface area (Å²) in [4.78, 5) is 2.62. The van der Waals surface area contributed by atoms with Crippen LogP contribution in [-0.4, -0.2) is 31.7 Å². The first-order chi connectivity index (χ1) is 11.1. The van der Waals surface area contributed by atoms with Gasteiger partial charge >= 0.3 is 0 Å². The summed E-state index contributed by atoms with van der Waals surface area (Å²) in [5.74, 6) is 0.623. The molecule has 1 fully saturated rings. The van der Waals surface area contributed by atoms with Crippen molar-refractivity contribution < 1.29 is 4.74 Å². The number of likely N-dealkylation sites (tertiary alicyclic amines) is 1.